The van der Waals surface area contributed by atoms with Crippen LogP contribution >= 0.6 is 0 Å². The summed E-state index contributed by atoms with van der Waals surface area (Å²) in [4.78, 5) is 20.1. The molecule has 0 radical (unpaired) electrons. The molecular formula is C18H16FN3O. The predicted molar refractivity (Wildman–Crippen MR) is 84.0 cm³/mol. The molecule has 1 unspecified atom stereocenters. The van der Waals surface area contributed by atoms with Crippen molar-refractivity contribution < 1.29 is 9.18 Å². The summed E-state index contributed by atoms with van der Waals surface area (Å²) in [5.74, 6) is 5.12. The number of carbonyl (C=O) groups is 1. The Balaban J connectivity index is 1.77. The summed E-state index contributed by atoms with van der Waals surface area (Å²) in [6.45, 7) is 4.00. The molecule has 1 N–H and O–H groups in total. The highest BCUT2D eigenvalue weighted by molar-refractivity contribution is 5.86. The summed E-state index contributed by atoms with van der Waals surface area (Å²) in [5, 5.41) is 2.96. The van der Waals surface area contributed by atoms with Crippen LogP contribution in [0.1, 0.15) is 43.0 Å². The SMILES string of the molecule is CC1(C)CC(c2ccc(C#Cc3cncc(F)c3)cn2)C(=O)N1. The highest BCUT2D eigenvalue weighted by Crippen LogP contribution is 2.31. The topological polar surface area (TPSA) is 54.9 Å². The number of nitrogens with one attached hydrogen (secondary N) is 1. The van der Waals surface area contributed by atoms with Gasteiger partial charge in [0, 0.05) is 29.1 Å². The molecule has 0 saturated carbocycles. The lowest BCUT2D eigenvalue weighted by Crippen LogP contribution is -2.34. The van der Waals surface area contributed by atoms with E-state index in [9.17, 15) is 9.18 Å². The molecule has 1 aliphatic heterocycles. The third kappa shape index (κ3) is 3.54. The molecule has 1 aliphatic rings. The van der Waals surface area contributed by atoms with Crippen molar-refractivity contribution >= 4 is 5.91 Å². The first kappa shape index (κ1) is 15.2. The Bertz CT molecular complexity index is 803. The van der Waals surface area contributed by atoms with Crippen molar-refractivity contribution in [2.45, 2.75) is 31.7 Å². The van der Waals surface area contributed by atoms with Crippen LogP contribution in [-0.2, 0) is 4.79 Å². The highest BCUT2D eigenvalue weighted by atomic mass is 19.1. The van der Waals surface area contributed by atoms with Gasteiger partial charge in [-0.3, -0.25) is 14.8 Å². The monoisotopic (exact) mass is 309 g/mol. The number of hydrogen-bond acceptors (Lipinski definition) is 3. The fraction of sp³-hybridized carbons (Fsp3) is 0.278. The second-order valence-corrected chi connectivity index (χ2v) is 6.24. The first-order valence-corrected chi connectivity index (χ1v) is 7.33. The van der Waals surface area contributed by atoms with Crippen molar-refractivity contribution in [2.24, 2.45) is 0 Å². The smallest absolute Gasteiger partial charge is 0.229 e. The van der Waals surface area contributed by atoms with Crippen molar-refractivity contribution in [1.82, 2.24) is 15.3 Å². The molecule has 0 bridgehead atoms. The molecule has 2 aromatic rings. The zero-order valence-electron chi connectivity index (χ0n) is 12.9. The second kappa shape index (κ2) is 5.81. The zero-order valence-corrected chi connectivity index (χ0v) is 12.9. The Morgan fingerprint density at radius 3 is 2.61 bits per heavy atom. The van der Waals surface area contributed by atoms with Crippen LogP contribution < -0.4 is 5.32 Å². The Hall–Kier alpha value is -2.74. The van der Waals surface area contributed by atoms with E-state index in [1.165, 1.54) is 12.3 Å². The van der Waals surface area contributed by atoms with E-state index < -0.39 is 5.82 Å². The molecule has 3 heterocycles. The molecule has 1 amide bonds. The number of halogens is 1. The van der Waals surface area contributed by atoms with E-state index in [1.54, 1.807) is 6.20 Å². The maximum absolute atomic E-state index is 13.0. The maximum atomic E-state index is 13.0. The van der Waals surface area contributed by atoms with Crippen LogP contribution in [-0.4, -0.2) is 21.4 Å². The molecule has 1 fully saturated rings. The van der Waals surface area contributed by atoms with Gasteiger partial charge in [0.1, 0.15) is 5.82 Å². The number of rotatable bonds is 1. The van der Waals surface area contributed by atoms with Crippen molar-refractivity contribution in [3.63, 3.8) is 0 Å². The fourth-order valence-electron chi connectivity index (χ4n) is 2.62. The van der Waals surface area contributed by atoms with Crippen molar-refractivity contribution in [2.75, 3.05) is 0 Å². The normalized spacial score (nSPS) is 18.9. The number of aromatic nitrogens is 2. The third-order valence-corrected chi connectivity index (χ3v) is 3.69. The van der Waals surface area contributed by atoms with Gasteiger partial charge in [-0.2, -0.15) is 0 Å². The van der Waals surface area contributed by atoms with Gasteiger partial charge in [-0.15, -0.1) is 0 Å². The van der Waals surface area contributed by atoms with Crippen molar-refractivity contribution in [3.05, 3.63) is 59.4 Å². The Morgan fingerprint density at radius 1 is 1.22 bits per heavy atom. The lowest BCUT2D eigenvalue weighted by atomic mass is 9.94. The van der Waals surface area contributed by atoms with Crippen LogP contribution in [0.5, 0.6) is 0 Å². The fourth-order valence-corrected chi connectivity index (χ4v) is 2.62. The van der Waals surface area contributed by atoms with Gasteiger partial charge in [0.2, 0.25) is 5.91 Å². The third-order valence-electron chi connectivity index (χ3n) is 3.69. The molecule has 23 heavy (non-hydrogen) atoms. The quantitative estimate of drug-likeness (QED) is 0.823. The molecule has 4 nitrogen and oxygen atoms in total. The summed E-state index contributed by atoms with van der Waals surface area (Å²) in [6, 6.07) is 4.97. The summed E-state index contributed by atoms with van der Waals surface area (Å²) < 4.78 is 13.0. The molecule has 2 aromatic heterocycles. The van der Waals surface area contributed by atoms with E-state index in [1.807, 2.05) is 26.0 Å². The van der Waals surface area contributed by atoms with Crippen LogP contribution in [0.15, 0.2) is 36.8 Å². The molecule has 1 saturated heterocycles. The summed E-state index contributed by atoms with van der Waals surface area (Å²) >= 11 is 0. The van der Waals surface area contributed by atoms with E-state index in [0.29, 0.717) is 11.1 Å². The molecule has 116 valence electrons. The second-order valence-electron chi connectivity index (χ2n) is 6.24. The van der Waals surface area contributed by atoms with Gasteiger partial charge < -0.3 is 5.32 Å². The molecular weight excluding hydrogens is 293 g/mol. The van der Waals surface area contributed by atoms with Crippen LogP contribution in [0.3, 0.4) is 0 Å². The average Bonchev–Trinajstić information content (AvgIpc) is 2.79. The molecule has 3 rings (SSSR count). The van der Waals surface area contributed by atoms with E-state index >= 15 is 0 Å². The van der Waals surface area contributed by atoms with Crippen molar-refractivity contribution in [1.29, 1.82) is 0 Å². The maximum Gasteiger partial charge on any atom is 0.229 e. The lowest BCUT2D eigenvalue weighted by molar-refractivity contribution is -0.120. The van der Waals surface area contributed by atoms with Crippen LogP contribution in [0.4, 0.5) is 4.39 Å². The minimum atomic E-state index is -0.417. The summed E-state index contributed by atoms with van der Waals surface area (Å²) in [6.07, 6.45) is 4.99. The average molecular weight is 309 g/mol. The number of pyridine rings is 2. The van der Waals surface area contributed by atoms with Gasteiger partial charge >= 0.3 is 0 Å². The van der Waals surface area contributed by atoms with Crippen LogP contribution in [0.2, 0.25) is 0 Å². The lowest BCUT2D eigenvalue weighted by Gasteiger charge is -2.16. The predicted octanol–water partition coefficient (Wildman–Crippen LogP) is 2.40. The molecule has 0 aliphatic carbocycles. The summed E-state index contributed by atoms with van der Waals surface area (Å²) in [5.41, 5.74) is 1.75. The minimum Gasteiger partial charge on any atom is -0.351 e. The molecule has 0 spiro atoms. The van der Waals surface area contributed by atoms with Gasteiger partial charge in [-0.1, -0.05) is 11.8 Å². The van der Waals surface area contributed by atoms with Gasteiger partial charge in [-0.05, 0) is 38.5 Å². The van der Waals surface area contributed by atoms with E-state index in [2.05, 4.69) is 27.1 Å². The zero-order chi connectivity index (χ0) is 16.4. The number of hydrogen-bond donors (Lipinski definition) is 1. The minimum absolute atomic E-state index is 0.00664. The number of carbonyl (C=O) groups excluding carboxylic acids is 1. The Labute approximate surface area is 134 Å². The number of nitrogens with zero attached hydrogens (tertiary/aromatic N) is 2. The molecule has 0 aromatic carbocycles. The van der Waals surface area contributed by atoms with E-state index in [4.69, 9.17) is 0 Å². The van der Waals surface area contributed by atoms with Gasteiger partial charge in [-0.25, -0.2) is 4.39 Å². The van der Waals surface area contributed by atoms with Crippen molar-refractivity contribution in [3.8, 4) is 11.8 Å². The highest BCUT2D eigenvalue weighted by Gasteiger charge is 2.38. The van der Waals surface area contributed by atoms with Gasteiger partial charge in [0.15, 0.2) is 0 Å². The largest absolute Gasteiger partial charge is 0.351 e. The Kier molecular flexibility index (Phi) is 3.83. The standard InChI is InChI=1S/C18H16FN3O/c1-18(2)8-15(17(23)22-18)16-6-5-12(10-21-16)3-4-13-7-14(19)11-20-9-13/h5-7,9-11,15H,8H2,1-2H3,(H,22,23). The molecule has 5 heteroatoms. The summed E-state index contributed by atoms with van der Waals surface area (Å²) in [7, 11) is 0. The van der Waals surface area contributed by atoms with Gasteiger partial charge in [0.05, 0.1) is 17.8 Å². The van der Waals surface area contributed by atoms with Crippen LogP contribution in [0, 0.1) is 17.7 Å². The van der Waals surface area contributed by atoms with Crippen LogP contribution in [0.25, 0.3) is 0 Å². The van der Waals surface area contributed by atoms with Gasteiger partial charge in [0.25, 0.3) is 0 Å². The van der Waals surface area contributed by atoms with E-state index in [0.717, 1.165) is 18.3 Å². The first-order valence-electron chi connectivity index (χ1n) is 7.33. The number of amides is 1. The Morgan fingerprint density at radius 2 is 2.00 bits per heavy atom. The van der Waals surface area contributed by atoms with E-state index in [-0.39, 0.29) is 17.4 Å². The first-order chi connectivity index (χ1) is 10.9. The molecule has 1 atom stereocenters.